The average Bonchev–Trinajstić information content (AvgIpc) is 3.23. The number of hydrogen-bond donors (Lipinski definition) is 4. The van der Waals surface area contributed by atoms with E-state index in [1.54, 1.807) is 6.08 Å². The van der Waals surface area contributed by atoms with Gasteiger partial charge in [0.1, 0.15) is 0 Å². The summed E-state index contributed by atoms with van der Waals surface area (Å²) in [6, 6.07) is -0.745. The van der Waals surface area contributed by atoms with Crippen molar-refractivity contribution in [3.63, 3.8) is 0 Å². The lowest BCUT2D eigenvalue weighted by molar-refractivity contribution is -0.124. The number of amides is 1. The van der Waals surface area contributed by atoms with Gasteiger partial charge in [-0.25, -0.2) is 0 Å². The second kappa shape index (κ2) is 49.5. The van der Waals surface area contributed by atoms with Crippen LogP contribution in [0.1, 0.15) is 290 Å². The third kappa shape index (κ3) is 46.2. The number of unbranched alkanes of at least 4 members (excludes halogenated alkanes) is 38. The Morgan fingerprint density at radius 2 is 0.712 bits per heavy atom. The number of carbonyl (C=O) groups is 1. The van der Waals surface area contributed by atoms with Gasteiger partial charge in [-0.1, -0.05) is 263 Å². The first-order valence-corrected chi connectivity index (χ1v) is 26.6. The zero-order valence-electron chi connectivity index (χ0n) is 39.9. The molecule has 0 radical (unpaired) electrons. The van der Waals surface area contributed by atoms with Crippen molar-refractivity contribution in [2.24, 2.45) is 0 Å². The van der Waals surface area contributed by atoms with E-state index < -0.39 is 18.2 Å². The van der Waals surface area contributed by atoms with Gasteiger partial charge in [-0.05, 0) is 44.9 Å². The first-order chi connectivity index (χ1) is 29.0. The van der Waals surface area contributed by atoms with Crippen LogP contribution in [0.15, 0.2) is 24.3 Å². The molecular weight excluding hydrogens is 727 g/mol. The van der Waals surface area contributed by atoms with Crippen molar-refractivity contribution in [3.05, 3.63) is 24.3 Å². The second-order valence-electron chi connectivity index (χ2n) is 18.5. The van der Waals surface area contributed by atoms with E-state index in [-0.39, 0.29) is 18.9 Å². The van der Waals surface area contributed by atoms with Crippen molar-refractivity contribution in [3.8, 4) is 0 Å². The summed E-state index contributed by atoms with van der Waals surface area (Å²) in [5.74, 6) is -0.315. The number of rotatable bonds is 49. The van der Waals surface area contributed by atoms with Crippen LogP contribution in [0.2, 0.25) is 0 Å². The predicted molar refractivity (Wildman–Crippen MR) is 259 cm³/mol. The number of aliphatic hydroxyl groups is 3. The predicted octanol–water partition coefficient (Wildman–Crippen LogP) is 16.1. The Morgan fingerprint density at radius 1 is 0.424 bits per heavy atom. The van der Waals surface area contributed by atoms with Gasteiger partial charge in [0.2, 0.25) is 5.91 Å². The summed E-state index contributed by atoms with van der Waals surface area (Å²) in [6.45, 7) is 4.24. The zero-order valence-corrected chi connectivity index (χ0v) is 39.9. The first kappa shape index (κ1) is 57.8. The van der Waals surface area contributed by atoms with Crippen molar-refractivity contribution < 1.29 is 20.1 Å². The van der Waals surface area contributed by atoms with E-state index in [9.17, 15) is 20.1 Å². The number of nitrogens with one attached hydrogen (secondary N) is 1. The van der Waals surface area contributed by atoms with Gasteiger partial charge in [-0.15, -0.1) is 0 Å². The topological polar surface area (TPSA) is 89.8 Å². The second-order valence-corrected chi connectivity index (χ2v) is 18.5. The molecule has 0 aliphatic heterocycles. The molecule has 4 N–H and O–H groups in total. The fraction of sp³-hybridized carbons (Fsp3) is 0.907. The summed E-state index contributed by atoms with van der Waals surface area (Å²) >= 11 is 0. The standard InChI is InChI=1S/C54H105NO4/c1-3-5-7-9-11-13-15-17-19-21-23-25-27-29-31-33-35-37-39-41-43-45-47-51(57)49-54(59)55-52(50-56)53(58)48-46-44-42-40-38-36-34-32-30-28-26-24-22-20-18-16-14-12-10-8-6-4-2/h29,31,46,48,51-53,56-58H,3-28,30,32-45,47,49-50H2,1-2H3,(H,55,59)/b31-29-,48-46+. The lowest BCUT2D eigenvalue weighted by Gasteiger charge is -2.21. The smallest absolute Gasteiger partial charge is 0.222 e. The average molecular weight is 832 g/mol. The molecule has 0 saturated heterocycles. The molecule has 0 aromatic carbocycles. The fourth-order valence-electron chi connectivity index (χ4n) is 8.40. The van der Waals surface area contributed by atoms with Gasteiger partial charge in [0.15, 0.2) is 0 Å². The summed E-state index contributed by atoms with van der Waals surface area (Å²) in [5.41, 5.74) is 0. The minimum Gasteiger partial charge on any atom is -0.394 e. The van der Waals surface area contributed by atoms with E-state index >= 15 is 0 Å². The lowest BCUT2D eigenvalue weighted by Crippen LogP contribution is -2.45. The minimum absolute atomic E-state index is 0.0118. The summed E-state index contributed by atoms with van der Waals surface area (Å²) in [4.78, 5) is 12.5. The maximum atomic E-state index is 12.5. The molecule has 3 atom stereocenters. The van der Waals surface area contributed by atoms with Gasteiger partial charge in [-0.2, -0.15) is 0 Å². The minimum atomic E-state index is -0.930. The molecule has 0 aliphatic carbocycles. The molecule has 0 heterocycles. The summed E-state index contributed by atoms with van der Waals surface area (Å²) in [7, 11) is 0. The Kier molecular flexibility index (Phi) is 48.5. The molecule has 0 aliphatic rings. The Balaban J connectivity index is 3.59. The molecule has 0 fully saturated rings. The molecule has 350 valence electrons. The first-order valence-electron chi connectivity index (χ1n) is 26.6. The van der Waals surface area contributed by atoms with Crippen LogP contribution in [0, 0.1) is 0 Å². The van der Waals surface area contributed by atoms with Crippen molar-refractivity contribution in [1.29, 1.82) is 0 Å². The number of hydrogen-bond acceptors (Lipinski definition) is 4. The maximum Gasteiger partial charge on any atom is 0.222 e. The highest BCUT2D eigenvalue weighted by Gasteiger charge is 2.20. The molecule has 5 heteroatoms. The summed E-state index contributed by atoms with van der Waals surface area (Å²) < 4.78 is 0. The van der Waals surface area contributed by atoms with Crippen LogP contribution in [-0.4, -0.2) is 46.1 Å². The van der Waals surface area contributed by atoms with Gasteiger partial charge in [0.25, 0.3) is 0 Å². The Labute approximate surface area is 369 Å². The van der Waals surface area contributed by atoms with Crippen LogP contribution >= 0.6 is 0 Å². The monoisotopic (exact) mass is 832 g/mol. The van der Waals surface area contributed by atoms with Crippen LogP contribution in [0.4, 0.5) is 0 Å². The third-order valence-corrected chi connectivity index (χ3v) is 12.5. The Morgan fingerprint density at radius 3 is 1.03 bits per heavy atom. The van der Waals surface area contributed by atoms with Crippen LogP contribution in [0.3, 0.4) is 0 Å². The van der Waals surface area contributed by atoms with Gasteiger partial charge < -0.3 is 20.6 Å². The van der Waals surface area contributed by atoms with Gasteiger partial charge in [-0.3, -0.25) is 4.79 Å². The molecule has 0 aromatic rings. The highest BCUT2D eigenvalue weighted by Crippen LogP contribution is 2.17. The van der Waals surface area contributed by atoms with E-state index in [1.165, 1.54) is 238 Å². The largest absolute Gasteiger partial charge is 0.394 e. The highest BCUT2D eigenvalue weighted by atomic mass is 16.3. The van der Waals surface area contributed by atoms with E-state index in [4.69, 9.17) is 0 Å². The summed E-state index contributed by atoms with van der Waals surface area (Å²) in [6.07, 6.45) is 62.1. The maximum absolute atomic E-state index is 12.5. The highest BCUT2D eigenvalue weighted by molar-refractivity contribution is 5.76. The molecule has 0 rings (SSSR count). The molecule has 1 amide bonds. The van der Waals surface area contributed by atoms with E-state index in [2.05, 4.69) is 31.3 Å². The van der Waals surface area contributed by atoms with Crippen molar-refractivity contribution >= 4 is 5.91 Å². The van der Waals surface area contributed by atoms with Gasteiger partial charge in [0.05, 0.1) is 31.3 Å². The fourth-order valence-corrected chi connectivity index (χ4v) is 8.40. The molecule has 5 nitrogen and oxygen atoms in total. The van der Waals surface area contributed by atoms with Crippen molar-refractivity contribution in [2.75, 3.05) is 6.61 Å². The molecule has 3 unspecified atom stereocenters. The van der Waals surface area contributed by atoms with Crippen LogP contribution in [-0.2, 0) is 4.79 Å². The van der Waals surface area contributed by atoms with Crippen molar-refractivity contribution in [1.82, 2.24) is 5.32 Å². The Hall–Kier alpha value is -1.17. The normalized spacial score (nSPS) is 13.5. The van der Waals surface area contributed by atoms with E-state index in [1.807, 2.05) is 6.08 Å². The number of aliphatic hydroxyl groups excluding tert-OH is 3. The van der Waals surface area contributed by atoms with E-state index in [0.717, 1.165) is 25.7 Å². The van der Waals surface area contributed by atoms with Crippen LogP contribution in [0.25, 0.3) is 0 Å². The van der Waals surface area contributed by atoms with Crippen molar-refractivity contribution in [2.45, 2.75) is 308 Å². The molecule has 0 saturated carbocycles. The molecule has 0 spiro atoms. The van der Waals surface area contributed by atoms with E-state index in [0.29, 0.717) is 6.42 Å². The number of carbonyl (C=O) groups excluding carboxylic acids is 1. The van der Waals surface area contributed by atoms with Crippen LogP contribution < -0.4 is 5.32 Å². The molecule has 59 heavy (non-hydrogen) atoms. The third-order valence-electron chi connectivity index (χ3n) is 12.5. The van der Waals surface area contributed by atoms with Crippen LogP contribution in [0.5, 0.6) is 0 Å². The molecular formula is C54H105NO4. The van der Waals surface area contributed by atoms with Gasteiger partial charge >= 0.3 is 0 Å². The molecule has 0 bridgehead atoms. The number of allylic oxidation sites excluding steroid dienone is 3. The Bertz CT molecular complexity index is 874. The van der Waals surface area contributed by atoms with Gasteiger partial charge in [0, 0.05) is 0 Å². The molecule has 0 aromatic heterocycles. The zero-order chi connectivity index (χ0) is 43.0. The lowest BCUT2D eigenvalue weighted by atomic mass is 10.0. The SMILES string of the molecule is CCCCCCCCCCCCCC/C=C\CCCCCCCCC(O)CC(=O)NC(CO)C(O)/C=C/CCCCCCCCCCCCCCCCCCCCCC. The quantitative estimate of drug-likeness (QED) is 0.0363. The summed E-state index contributed by atoms with van der Waals surface area (Å²) in [5, 5.41) is 33.4.